The minimum atomic E-state index is 0.866. The Hall–Kier alpha value is -5.65. The number of aromatic nitrogens is 1. The molecule has 0 saturated carbocycles. The topological polar surface area (TPSA) is 42.4 Å². The van der Waals surface area contributed by atoms with Crippen molar-refractivity contribution in [2.45, 2.75) is 0 Å². The summed E-state index contributed by atoms with van der Waals surface area (Å²) in [6, 6.07) is 42.8. The molecule has 4 nitrogen and oxygen atoms in total. The van der Waals surface area contributed by atoms with Gasteiger partial charge >= 0.3 is 0 Å². The molecule has 5 heteroatoms. The molecule has 0 radical (unpaired) electrons. The van der Waals surface area contributed by atoms with Gasteiger partial charge in [0.05, 0.1) is 10.4 Å². The molecule has 206 valence electrons. The van der Waals surface area contributed by atoms with Crippen LogP contribution in [-0.2, 0) is 0 Å². The number of fused-ring (bicyclic) bond motifs is 10. The van der Waals surface area contributed by atoms with E-state index in [1.165, 1.54) is 25.6 Å². The van der Waals surface area contributed by atoms with Crippen LogP contribution in [0.1, 0.15) is 0 Å². The molecule has 0 unspecified atom stereocenters. The summed E-state index contributed by atoms with van der Waals surface area (Å²) in [5.41, 5.74) is 6.73. The van der Waals surface area contributed by atoms with Gasteiger partial charge in [-0.3, -0.25) is 4.98 Å². The van der Waals surface area contributed by atoms with Gasteiger partial charge < -0.3 is 13.7 Å². The predicted molar refractivity (Wildman–Crippen MR) is 184 cm³/mol. The van der Waals surface area contributed by atoms with Crippen LogP contribution in [0.15, 0.2) is 143 Å². The molecular weight excluding hydrogens is 561 g/mol. The summed E-state index contributed by atoms with van der Waals surface area (Å²) < 4.78 is 15.0. The molecule has 44 heavy (non-hydrogen) atoms. The van der Waals surface area contributed by atoms with E-state index in [2.05, 4.69) is 107 Å². The third kappa shape index (κ3) is 3.41. The number of thiophene rings is 1. The number of benzene rings is 6. The van der Waals surface area contributed by atoms with Crippen molar-refractivity contribution in [3.8, 4) is 0 Å². The van der Waals surface area contributed by atoms with Gasteiger partial charge in [0, 0.05) is 72.2 Å². The Balaban J connectivity index is 1.27. The second kappa shape index (κ2) is 8.93. The number of pyridine rings is 1. The van der Waals surface area contributed by atoms with Gasteiger partial charge in [0.15, 0.2) is 0 Å². The van der Waals surface area contributed by atoms with Crippen LogP contribution in [-0.4, -0.2) is 4.98 Å². The van der Waals surface area contributed by atoms with E-state index in [1.807, 2.05) is 48.0 Å². The van der Waals surface area contributed by atoms with Crippen molar-refractivity contribution < 1.29 is 8.83 Å². The maximum Gasteiger partial charge on any atom is 0.137 e. The highest BCUT2D eigenvalue weighted by molar-refractivity contribution is 7.26. The fourth-order valence-corrected chi connectivity index (χ4v) is 7.91. The van der Waals surface area contributed by atoms with E-state index in [4.69, 9.17) is 8.83 Å². The minimum Gasteiger partial charge on any atom is -0.456 e. The van der Waals surface area contributed by atoms with Crippen molar-refractivity contribution in [3.05, 3.63) is 134 Å². The molecule has 0 aliphatic heterocycles. The molecule has 0 saturated heterocycles. The average molecular weight is 583 g/mol. The van der Waals surface area contributed by atoms with Crippen molar-refractivity contribution in [1.29, 1.82) is 0 Å². The Kier molecular flexibility index (Phi) is 4.84. The fourth-order valence-electron chi connectivity index (χ4n) is 6.67. The molecule has 6 aromatic carbocycles. The second-order valence-electron chi connectivity index (χ2n) is 11.2. The highest BCUT2D eigenvalue weighted by Crippen LogP contribution is 2.47. The molecule has 10 aromatic rings. The molecule has 0 bridgehead atoms. The molecule has 0 N–H and O–H groups in total. The SMILES string of the molecule is c1ccc2c(c1)oc1cc(N(c3ccc4oc5ccccc5c4c3)c3cccc4c3sc3cc5cnccc5cc34)ccc12. The predicted octanol–water partition coefficient (Wildman–Crippen LogP) is 11.9. The van der Waals surface area contributed by atoms with Crippen LogP contribution in [0.2, 0.25) is 0 Å². The van der Waals surface area contributed by atoms with Crippen molar-refractivity contribution in [3.63, 3.8) is 0 Å². The maximum absolute atomic E-state index is 6.37. The van der Waals surface area contributed by atoms with Crippen LogP contribution in [0.5, 0.6) is 0 Å². The van der Waals surface area contributed by atoms with E-state index in [1.54, 1.807) is 0 Å². The molecule has 0 atom stereocenters. The first-order valence-corrected chi connectivity index (χ1v) is 15.4. The molecule has 0 spiro atoms. The number of nitrogens with zero attached hydrogens (tertiary/aromatic N) is 2. The Bertz CT molecular complexity index is 2750. The Morgan fingerprint density at radius 2 is 1.20 bits per heavy atom. The zero-order valence-electron chi connectivity index (χ0n) is 23.3. The standard InChI is InChI=1S/C39H22N2O2S/c1-3-10-34-27(6-1)29-14-12-26(21-37(29)43-34)41(25-13-15-36-31(20-25)28-7-2-4-11-35(28)42-36)33-9-5-8-30-32-18-23-16-17-40-22-24(23)19-38(32)44-39(30)33/h1-22H. The van der Waals surface area contributed by atoms with Gasteiger partial charge in [-0.15, -0.1) is 11.3 Å². The number of hydrogen-bond donors (Lipinski definition) is 0. The molecule has 10 rings (SSSR count). The first kappa shape index (κ1) is 23.9. The normalized spacial score (nSPS) is 12.1. The van der Waals surface area contributed by atoms with Crippen LogP contribution in [0, 0.1) is 0 Å². The fraction of sp³-hybridized carbons (Fsp3) is 0. The minimum absolute atomic E-state index is 0.866. The van der Waals surface area contributed by atoms with Gasteiger partial charge in [-0.2, -0.15) is 0 Å². The van der Waals surface area contributed by atoms with E-state index in [-0.39, 0.29) is 0 Å². The van der Waals surface area contributed by atoms with Crippen LogP contribution >= 0.6 is 11.3 Å². The lowest BCUT2D eigenvalue weighted by Gasteiger charge is -2.26. The Morgan fingerprint density at radius 1 is 0.500 bits per heavy atom. The zero-order valence-corrected chi connectivity index (χ0v) is 24.1. The lowest BCUT2D eigenvalue weighted by molar-refractivity contribution is 0.668. The smallest absolute Gasteiger partial charge is 0.137 e. The molecule has 0 aliphatic carbocycles. The quantitative estimate of drug-likeness (QED) is 0.208. The van der Waals surface area contributed by atoms with E-state index >= 15 is 0 Å². The monoisotopic (exact) mass is 582 g/mol. The van der Waals surface area contributed by atoms with Crippen LogP contribution in [0.25, 0.3) is 74.8 Å². The van der Waals surface area contributed by atoms with Gasteiger partial charge in [0.25, 0.3) is 0 Å². The van der Waals surface area contributed by atoms with E-state index in [0.29, 0.717) is 0 Å². The Labute approximate surface area is 255 Å². The second-order valence-corrected chi connectivity index (χ2v) is 12.3. The summed E-state index contributed by atoms with van der Waals surface area (Å²) in [5, 5.41) is 9.29. The summed E-state index contributed by atoms with van der Waals surface area (Å²) >= 11 is 1.82. The van der Waals surface area contributed by atoms with Crippen molar-refractivity contribution in [2.24, 2.45) is 0 Å². The van der Waals surface area contributed by atoms with Crippen LogP contribution < -0.4 is 4.90 Å². The molecule has 0 fully saturated rings. The van der Waals surface area contributed by atoms with Crippen LogP contribution in [0.3, 0.4) is 0 Å². The number of furan rings is 2. The average Bonchev–Trinajstić information content (AvgIpc) is 3.74. The van der Waals surface area contributed by atoms with Gasteiger partial charge in [-0.1, -0.05) is 48.5 Å². The molecule has 0 amide bonds. The highest BCUT2D eigenvalue weighted by atomic mass is 32.1. The number of rotatable bonds is 3. The zero-order chi connectivity index (χ0) is 28.8. The number of para-hydroxylation sites is 2. The molecule has 4 heterocycles. The summed E-state index contributed by atoms with van der Waals surface area (Å²) in [6.07, 6.45) is 3.80. The first-order chi connectivity index (χ1) is 21.8. The summed E-state index contributed by atoms with van der Waals surface area (Å²) in [4.78, 5) is 6.72. The van der Waals surface area contributed by atoms with E-state index in [9.17, 15) is 0 Å². The largest absolute Gasteiger partial charge is 0.456 e. The first-order valence-electron chi connectivity index (χ1n) is 14.6. The van der Waals surface area contributed by atoms with Crippen LogP contribution in [0.4, 0.5) is 17.1 Å². The number of anilines is 3. The van der Waals surface area contributed by atoms with Gasteiger partial charge in [0.2, 0.25) is 0 Å². The number of hydrogen-bond acceptors (Lipinski definition) is 5. The third-order valence-electron chi connectivity index (χ3n) is 8.72. The van der Waals surface area contributed by atoms with Crippen molar-refractivity contribution >= 4 is 103 Å². The molecule has 4 aromatic heterocycles. The van der Waals surface area contributed by atoms with Gasteiger partial charge in [-0.25, -0.2) is 0 Å². The Morgan fingerprint density at radius 3 is 2.09 bits per heavy atom. The summed E-state index contributed by atoms with van der Waals surface area (Å²) in [5.74, 6) is 0. The summed E-state index contributed by atoms with van der Waals surface area (Å²) in [7, 11) is 0. The summed E-state index contributed by atoms with van der Waals surface area (Å²) in [6.45, 7) is 0. The van der Waals surface area contributed by atoms with E-state index in [0.717, 1.165) is 66.3 Å². The van der Waals surface area contributed by atoms with E-state index < -0.39 is 0 Å². The third-order valence-corrected chi connectivity index (χ3v) is 9.91. The van der Waals surface area contributed by atoms with Gasteiger partial charge in [0.1, 0.15) is 22.3 Å². The maximum atomic E-state index is 6.37. The lowest BCUT2D eigenvalue weighted by atomic mass is 10.1. The van der Waals surface area contributed by atoms with Crippen molar-refractivity contribution in [2.75, 3.05) is 4.90 Å². The lowest BCUT2D eigenvalue weighted by Crippen LogP contribution is -2.10. The van der Waals surface area contributed by atoms with Crippen molar-refractivity contribution in [1.82, 2.24) is 4.98 Å². The van der Waals surface area contributed by atoms with Gasteiger partial charge in [-0.05, 0) is 72.1 Å². The highest BCUT2D eigenvalue weighted by Gasteiger charge is 2.21. The molecular formula is C39H22N2O2S. The molecule has 0 aliphatic rings.